The van der Waals surface area contributed by atoms with Crippen LogP contribution in [0.3, 0.4) is 0 Å². The third-order valence-corrected chi connectivity index (χ3v) is 10.4. The first-order valence-electron chi connectivity index (χ1n) is 12.9. The molecular weight excluding hydrogens is 366 g/mol. The zero-order valence-corrected chi connectivity index (χ0v) is 19.4. The highest BCUT2D eigenvalue weighted by molar-refractivity contribution is 5.18. The molecule has 2 nitrogen and oxygen atoms in total. The number of aliphatic hydroxyl groups is 1. The van der Waals surface area contributed by atoms with Crippen LogP contribution in [0.2, 0.25) is 0 Å². The molecule has 0 amide bonds. The first-order chi connectivity index (χ1) is 14.4. The number of rotatable bonds is 4. The van der Waals surface area contributed by atoms with Crippen LogP contribution >= 0.6 is 0 Å². The molecule has 4 fully saturated rings. The molecule has 4 aliphatic rings. The summed E-state index contributed by atoms with van der Waals surface area (Å²) in [6, 6.07) is 11.4. The van der Waals surface area contributed by atoms with Crippen molar-refractivity contribution in [2.45, 2.75) is 90.2 Å². The second kappa shape index (κ2) is 7.93. The lowest BCUT2D eigenvalue weighted by atomic mass is 9.49. The molecule has 1 aromatic carbocycles. The van der Waals surface area contributed by atoms with E-state index in [1.165, 1.54) is 57.1 Å². The van der Waals surface area contributed by atoms with Crippen molar-refractivity contribution in [3.05, 3.63) is 35.9 Å². The second-order valence-electron chi connectivity index (χ2n) is 12.0. The average molecular weight is 410 g/mol. The molecule has 9 atom stereocenters. The smallest absolute Gasteiger partial charge is 0.0622 e. The number of hydrogen-bond donors (Lipinski definition) is 2. The van der Waals surface area contributed by atoms with Crippen LogP contribution in [0.1, 0.15) is 90.2 Å². The third kappa shape index (κ3) is 3.66. The molecule has 0 unspecified atom stereocenters. The third-order valence-electron chi connectivity index (χ3n) is 10.4. The highest BCUT2D eigenvalue weighted by Crippen LogP contribution is 2.64. The SMILES string of the molecule is C[C@H](NC[C@H]1CC[C@H]2[C@@H]3CC[C@@H]4C[C@](C)(O)CC[C@@H]4[C@H]3CC[C@]12C)c1ccccc1. The van der Waals surface area contributed by atoms with Crippen LogP contribution in [0.15, 0.2) is 30.3 Å². The van der Waals surface area contributed by atoms with Gasteiger partial charge in [0.15, 0.2) is 0 Å². The molecule has 4 saturated carbocycles. The van der Waals surface area contributed by atoms with Gasteiger partial charge >= 0.3 is 0 Å². The van der Waals surface area contributed by atoms with Crippen LogP contribution in [0.4, 0.5) is 0 Å². The molecule has 0 bridgehead atoms. The van der Waals surface area contributed by atoms with Gasteiger partial charge in [-0.1, -0.05) is 37.3 Å². The Hall–Kier alpha value is -0.860. The van der Waals surface area contributed by atoms with Gasteiger partial charge in [-0.2, -0.15) is 0 Å². The normalized spacial score (nSPS) is 46.5. The van der Waals surface area contributed by atoms with E-state index in [9.17, 15) is 5.11 Å². The Bertz CT molecular complexity index is 729. The van der Waals surface area contributed by atoms with Crippen molar-refractivity contribution in [1.82, 2.24) is 5.32 Å². The van der Waals surface area contributed by atoms with E-state index in [0.717, 1.165) is 48.3 Å². The van der Waals surface area contributed by atoms with Crippen LogP contribution in [0.5, 0.6) is 0 Å². The van der Waals surface area contributed by atoms with Crippen LogP contribution in [0.25, 0.3) is 0 Å². The van der Waals surface area contributed by atoms with Gasteiger partial charge in [0, 0.05) is 6.04 Å². The topological polar surface area (TPSA) is 32.3 Å². The van der Waals surface area contributed by atoms with Crippen molar-refractivity contribution in [3.8, 4) is 0 Å². The van der Waals surface area contributed by atoms with Gasteiger partial charge in [-0.3, -0.25) is 0 Å². The maximum absolute atomic E-state index is 10.6. The standard InChI is InChI=1S/C28H43NO/c1-19(20-7-5-4-6-8-20)29-18-22-10-12-26-25-11-9-21-17-27(2,30)15-13-23(21)24(25)14-16-28(22,26)3/h4-8,19,21-26,29-30H,9-18H2,1-3H3/t19-,21+,22+,23-,24+,25+,26-,27+,28+/m0/s1. The van der Waals surface area contributed by atoms with Gasteiger partial charge < -0.3 is 10.4 Å². The van der Waals surface area contributed by atoms with Gasteiger partial charge in [-0.15, -0.1) is 0 Å². The maximum Gasteiger partial charge on any atom is 0.0622 e. The highest BCUT2D eigenvalue weighted by atomic mass is 16.3. The Morgan fingerprint density at radius 2 is 1.70 bits per heavy atom. The van der Waals surface area contributed by atoms with Gasteiger partial charge in [-0.05, 0) is 125 Å². The van der Waals surface area contributed by atoms with E-state index >= 15 is 0 Å². The lowest BCUT2D eigenvalue weighted by Gasteiger charge is -2.57. The summed E-state index contributed by atoms with van der Waals surface area (Å²) in [6.07, 6.45) is 11.9. The first kappa shape index (κ1) is 21.0. The maximum atomic E-state index is 10.6. The number of fused-ring (bicyclic) bond motifs is 5. The van der Waals surface area contributed by atoms with Crippen LogP contribution in [0, 0.1) is 40.9 Å². The van der Waals surface area contributed by atoms with Crippen LogP contribution < -0.4 is 5.32 Å². The predicted octanol–water partition coefficient (Wildman–Crippen LogP) is 6.36. The van der Waals surface area contributed by atoms with E-state index in [0.29, 0.717) is 11.5 Å². The molecule has 0 radical (unpaired) electrons. The summed E-state index contributed by atoms with van der Waals surface area (Å²) in [5, 5.41) is 14.5. The first-order valence-corrected chi connectivity index (χ1v) is 12.9. The molecule has 30 heavy (non-hydrogen) atoms. The lowest BCUT2D eigenvalue weighted by molar-refractivity contribution is -0.0994. The minimum atomic E-state index is -0.392. The number of nitrogens with one attached hydrogen (secondary N) is 1. The van der Waals surface area contributed by atoms with E-state index in [2.05, 4.69) is 56.4 Å². The van der Waals surface area contributed by atoms with E-state index in [4.69, 9.17) is 0 Å². The lowest BCUT2D eigenvalue weighted by Crippen LogP contribution is -2.51. The molecule has 2 N–H and O–H groups in total. The molecule has 0 spiro atoms. The van der Waals surface area contributed by atoms with Crippen molar-refractivity contribution in [3.63, 3.8) is 0 Å². The van der Waals surface area contributed by atoms with Gasteiger partial charge in [0.1, 0.15) is 0 Å². The quantitative estimate of drug-likeness (QED) is 0.606. The molecule has 2 heteroatoms. The van der Waals surface area contributed by atoms with Crippen molar-refractivity contribution < 1.29 is 5.11 Å². The molecule has 4 aliphatic carbocycles. The molecule has 0 aliphatic heterocycles. The van der Waals surface area contributed by atoms with E-state index in [1.807, 2.05) is 0 Å². The fourth-order valence-corrected chi connectivity index (χ4v) is 8.70. The molecule has 5 rings (SSSR count). The summed E-state index contributed by atoms with van der Waals surface area (Å²) in [7, 11) is 0. The van der Waals surface area contributed by atoms with E-state index in [1.54, 1.807) is 0 Å². The monoisotopic (exact) mass is 409 g/mol. The molecular formula is C28H43NO. The summed E-state index contributed by atoms with van der Waals surface area (Å²) in [6.45, 7) is 8.23. The summed E-state index contributed by atoms with van der Waals surface area (Å²) in [5.74, 6) is 5.39. The number of benzene rings is 1. The predicted molar refractivity (Wildman–Crippen MR) is 124 cm³/mol. The number of hydrogen-bond acceptors (Lipinski definition) is 2. The summed E-state index contributed by atoms with van der Waals surface area (Å²) >= 11 is 0. The van der Waals surface area contributed by atoms with Crippen LogP contribution in [-0.2, 0) is 0 Å². The summed E-state index contributed by atoms with van der Waals surface area (Å²) < 4.78 is 0. The molecule has 0 saturated heterocycles. The highest BCUT2D eigenvalue weighted by Gasteiger charge is 2.57. The van der Waals surface area contributed by atoms with Gasteiger partial charge in [0.05, 0.1) is 5.60 Å². The van der Waals surface area contributed by atoms with Gasteiger partial charge in [-0.25, -0.2) is 0 Å². The average Bonchev–Trinajstić information content (AvgIpc) is 3.08. The molecule has 166 valence electrons. The van der Waals surface area contributed by atoms with Crippen molar-refractivity contribution in [1.29, 1.82) is 0 Å². The van der Waals surface area contributed by atoms with Crippen LogP contribution in [-0.4, -0.2) is 17.3 Å². The second-order valence-corrected chi connectivity index (χ2v) is 12.0. The van der Waals surface area contributed by atoms with E-state index in [-0.39, 0.29) is 0 Å². The Kier molecular flexibility index (Phi) is 5.55. The summed E-state index contributed by atoms with van der Waals surface area (Å²) in [4.78, 5) is 0. The van der Waals surface area contributed by atoms with Crippen molar-refractivity contribution in [2.24, 2.45) is 40.9 Å². The zero-order valence-electron chi connectivity index (χ0n) is 19.4. The summed E-state index contributed by atoms with van der Waals surface area (Å²) in [5.41, 5.74) is 1.56. The Morgan fingerprint density at radius 1 is 0.933 bits per heavy atom. The van der Waals surface area contributed by atoms with Crippen molar-refractivity contribution in [2.75, 3.05) is 6.54 Å². The Morgan fingerprint density at radius 3 is 2.50 bits per heavy atom. The molecule has 0 aromatic heterocycles. The Labute approximate surface area is 184 Å². The largest absolute Gasteiger partial charge is 0.390 e. The minimum absolute atomic E-state index is 0.392. The molecule has 1 aromatic rings. The van der Waals surface area contributed by atoms with E-state index < -0.39 is 5.60 Å². The van der Waals surface area contributed by atoms with Gasteiger partial charge in [0.2, 0.25) is 0 Å². The fourth-order valence-electron chi connectivity index (χ4n) is 8.70. The van der Waals surface area contributed by atoms with Crippen molar-refractivity contribution >= 4 is 0 Å². The van der Waals surface area contributed by atoms with Gasteiger partial charge in [0.25, 0.3) is 0 Å². The molecule has 0 heterocycles. The Balaban J connectivity index is 1.24. The zero-order chi connectivity index (χ0) is 20.9. The fraction of sp³-hybridized carbons (Fsp3) is 0.786. The minimum Gasteiger partial charge on any atom is -0.390 e.